The Hall–Kier alpha value is -1.45. The van der Waals surface area contributed by atoms with Crippen LogP contribution in [0.5, 0.6) is 0 Å². The molecule has 0 bridgehead atoms. The number of aromatic carboxylic acids is 1. The highest BCUT2D eigenvalue weighted by molar-refractivity contribution is 7.89. The van der Waals surface area contributed by atoms with Crippen LogP contribution in [0.15, 0.2) is 11.2 Å². The molecule has 0 spiro atoms. The average Bonchev–Trinajstić information content (AvgIpc) is 2.61. The molecule has 0 aromatic carbocycles. The van der Waals surface area contributed by atoms with Crippen LogP contribution in [0.3, 0.4) is 0 Å². The van der Waals surface area contributed by atoms with Crippen molar-refractivity contribution in [2.24, 2.45) is 0 Å². The predicted octanol–water partition coefficient (Wildman–Crippen LogP) is -1.53. The van der Waals surface area contributed by atoms with Gasteiger partial charge < -0.3 is 10.2 Å². The van der Waals surface area contributed by atoms with E-state index in [9.17, 15) is 13.2 Å². The minimum Gasteiger partial charge on any atom is -0.478 e. The Balaban J connectivity index is 2.36. The standard InChI is InChI=1S/C7H9N3O5S/c11-4-2-10(3-4)16(14,15)6-5(7(12)13)1-8-9-6/h1,4,11H,2-3H2,(H,8,9)(H,12,13). The van der Waals surface area contributed by atoms with Gasteiger partial charge in [-0.15, -0.1) is 0 Å². The minimum atomic E-state index is -3.89. The second-order valence-electron chi connectivity index (χ2n) is 3.39. The summed E-state index contributed by atoms with van der Waals surface area (Å²) in [5, 5.41) is 22.9. The third-order valence-corrected chi connectivity index (χ3v) is 4.07. The largest absolute Gasteiger partial charge is 0.478 e. The molecule has 88 valence electrons. The molecule has 0 atom stereocenters. The van der Waals surface area contributed by atoms with Gasteiger partial charge in [-0.2, -0.15) is 9.40 Å². The number of aliphatic hydroxyl groups excluding tert-OH is 1. The number of sulfonamides is 1. The van der Waals surface area contributed by atoms with Crippen LogP contribution in [-0.4, -0.2) is 58.3 Å². The Bertz CT molecular complexity index is 516. The minimum absolute atomic E-state index is 0.0274. The number of nitrogens with zero attached hydrogens (tertiary/aromatic N) is 2. The zero-order chi connectivity index (χ0) is 11.9. The fourth-order valence-electron chi connectivity index (χ4n) is 1.37. The Labute approximate surface area is 90.6 Å². The fourth-order valence-corrected chi connectivity index (χ4v) is 2.95. The van der Waals surface area contributed by atoms with Gasteiger partial charge in [-0.25, -0.2) is 13.2 Å². The molecule has 0 unspecified atom stereocenters. The van der Waals surface area contributed by atoms with Crippen LogP contribution in [-0.2, 0) is 10.0 Å². The van der Waals surface area contributed by atoms with Gasteiger partial charge in [0, 0.05) is 13.1 Å². The molecule has 1 saturated heterocycles. The maximum atomic E-state index is 11.8. The average molecular weight is 247 g/mol. The quantitative estimate of drug-likeness (QED) is 0.595. The fraction of sp³-hybridized carbons (Fsp3) is 0.429. The van der Waals surface area contributed by atoms with E-state index in [-0.39, 0.29) is 13.1 Å². The molecule has 2 heterocycles. The first-order chi connectivity index (χ1) is 7.43. The Morgan fingerprint density at radius 3 is 2.69 bits per heavy atom. The number of carbonyl (C=O) groups is 1. The van der Waals surface area contributed by atoms with Crippen LogP contribution in [0, 0.1) is 0 Å². The van der Waals surface area contributed by atoms with Crippen LogP contribution in [0.25, 0.3) is 0 Å². The van der Waals surface area contributed by atoms with Crippen LogP contribution < -0.4 is 0 Å². The summed E-state index contributed by atoms with van der Waals surface area (Å²) >= 11 is 0. The van der Waals surface area contributed by atoms with E-state index >= 15 is 0 Å². The summed E-state index contributed by atoms with van der Waals surface area (Å²) in [6, 6.07) is 0. The monoisotopic (exact) mass is 247 g/mol. The highest BCUT2D eigenvalue weighted by Gasteiger charge is 2.38. The van der Waals surface area contributed by atoms with Gasteiger partial charge in [0.05, 0.1) is 12.3 Å². The first-order valence-corrected chi connectivity index (χ1v) is 5.82. The van der Waals surface area contributed by atoms with Crippen molar-refractivity contribution in [2.45, 2.75) is 11.1 Å². The second-order valence-corrected chi connectivity index (χ2v) is 5.27. The number of aliphatic hydroxyl groups is 1. The summed E-state index contributed by atoms with van der Waals surface area (Å²) < 4.78 is 24.6. The molecular weight excluding hydrogens is 238 g/mol. The summed E-state index contributed by atoms with van der Waals surface area (Å²) in [4.78, 5) is 10.7. The number of aromatic nitrogens is 2. The van der Waals surface area contributed by atoms with Crippen molar-refractivity contribution in [3.05, 3.63) is 11.8 Å². The molecule has 8 nitrogen and oxygen atoms in total. The van der Waals surface area contributed by atoms with Gasteiger partial charge in [0.1, 0.15) is 5.56 Å². The highest BCUT2D eigenvalue weighted by atomic mass is 32.2. The van der Waals surface area contributed by atoms with Gasteiger partial charge in [0.15, 0.2) is 5.03 Å². The molecule has 2 rings (SSSR count). The first kappa shape index (κ1) is 11.0. The summed E-state index contributed by atoms with van der Waals surface area (Å²) in [7, 11) is -3.89. The molecule has 3 N–H and O–H groups in total. The maximum Gasteiger partial charge on any atom is 0.340 e. The second kappa shape index (κ2) is 3.54. The van der Waals surface area contributed by atoms with E-state index in [2.05, 4.69) is 10.2 Å². The molecule has 0 radical (unpaired) electrons. The van der Waals surface area contributed by atoms with Crippen molar-refractivity contribution in [2.75, 3.05) is 13.1 Å². The predicted molar refractivity (Wildman–Crippen MR) is 50.3 cm³/mol. The van der Waals surface area contributed by atoms with E-state index in [4.69, 9.17) is 10.2 Å². The van der Waals surface area contributed by atoms with Gasteiger partial charge in [0.2, 0.25) is 0 Å². The highest BCUT2D eigenvalue weighted by Crippen LogP contribution is 2.22. The topological polar surface area (TPSA) is 124 Å². The number of aromatic amines is 1. The number of H-pyrrole nitrogens is 1. The lowest BCUT2D eigenvalue weighted by atomic mass is 10.2. The lowest BCUT2D eigenvalue weighted by molar-refractivity contribution is 0.0544. The van der Waals surface area contributed by atoms with Crippen molar-refractivity contribution in [3.8, 4) is 0 Å². The summed E-state index contributed by atoms with van der Waals surface area (Å²) in [5.41, 5.74) is -0.401. The molecular formula is C7H9N3O5S. The van der Waals surface area contributed by atoms with E-state index in [1.165, 1.54) is 0 Å². The summed E-state index contributed by atoms with van der Waals surface area (Å²) in [5.74, 6) is -1.37. The van der Waals surface area contributed by atoms with E-state index in [0.717, 1.165) is 10.5 Å². The molecule has 0 aliphatic carbocycles. The van der Waals surface area contributed by atoms with Crippen molar-refractivity contribution in [1.82, 2.24) is 14.5 Å². The third-order valence-electron chi connectivity index (χ3n) is 2.26. The number of nitrogens with one attached hydrogen (secondary N) is 1. The van der Waals surface area contributed by atoms with Gasteiger partial charge in [-0.3, -0.25) is 5.10 Å². The van der Waals surface area contributed by atoms with Crippen LogP contribution >= 0.6 is 0 Å². The normalized spacial score (nSPS) is 18.3. The Morgan fingerprint density at radius 1 is 1.56 bits per heavy atom. The Morgan fingerprint density at radius 2 is 2.19 bits per heavy atom. The number of carboxylic acids is 1. The number of carboxylic acid groups (broad SMARTS) is 1. The zero-order valence-electron chi connectivity index (χ0n) is 7.99. The lowest BCUT2D eigenvalue weighted by Gasteiger charge is -2.34. The van der Waals surface area contributed by atoms with Gasteiger partial charge in [-0.1, -0.05) is 0 Å². The van der Waals surface area contributed by atoms with Crippen LogP contribution in [0.4, 0.5) is 0 Å². The lowest BCUT2D eigenvalue weighted by Crippen LogP contribution is -2.53. The van der Waals surface area contributed by atoms with E-state index in [1.807, 2.05) is 0 Å². The van der Waals surface area contributed by atoms with Crippen LogP contribution in [0.2, 0.25) is 0 Å². The van der Waals surface area contributed by atoms with Crippen molar-refractivity contribution >= 4 is 16.0 Å². The summed E-state index contributed by atoms with van der Waals surface area (Å²) in [6.07, 6.45) is 0.247. The van der Waals surface area contributed by atoms with Crippen molar-refractivity contribution < 1.29 is 23.4 Å². The van der Waals surface area contributed by atoms with Crippen molar-refractivity contribution in [1.29, 1.82) is 0 Å². The van der Waals surface area contributed by atoms with Crippen molar-refractivity contribution in [3.63, 3.8) is 0 Å². The number of β-amino-alcohol motifs (C(OH)–C–C–N with tert-alkyl or cyclic N) is 1. The molecule has 0 amide bonds. The number of hydrogen-bond acceptors (Lipinski definition) is 5. The Kier molecular flexibility index (Phi) is 2.45. The van der Waals surface area contributed by atoms with E-state index in [0.29, 0.717) is 0 Å². The van der Waals surface area contributed by atoms with Gasteiger partial charge in [-0.05, 0) is 0 Å². The smallest absolute Gasteiger partial charge is 0.340 e. The summed E-state index contributed by atoms with van der Waals surface area (Å²) in [6.45, 7) is -0.0547. The third kappa shape index (κ3) is 1.58. The molecule has 1 aliphatic heterocycles. The molecule has 16 heavy (non-hydrogen) atoms. The van der Waals surface area contributed by atoms with Crippen LogP contribution in [0.1, 0.15) is 10.4 Å². The zero-order valence-corrected chi connectivity index (χ0v) is 8.81. The molecule has 1 aromatic heterocycles. The molecule has 1 aliphatic rings. The SMILES string of the molecule is O=C(O)c1cn[nH]c1S(=O)(=O)N1CC(O)C1. The van der Waals surface area contributed by atoms with Gasteiger partial charge in [0.25, 0.3) is 10.0 Å². The van der Waals surface area contributed by atoms with Gasteiger partial charge >= 0.3 is 5.97 Å². The van der Waals surface area contributed by atoms with E-state index in [1.54, 1.807) is 0 Å². The molecule has 1 aromatic rings. The van der Waals surface area contributed by atoms with E-state index < -0.39 is 32.7 Å². The maximum absolute atomic E-state index is 11.8. The first-order valence-electron chi connectivity index (χ1n) is 4.38. The molecule has 9 heteroatoms. The number of hydrogen-bond donors (Lipinski definition) is 3. The molecule has 1 fully saturated rings. The number of rotatable bonds is 3. The molecule has 0 saturated carbocycles.